The Kier molecular flexibility index (Phi) is 7.74. The van der Waals surface area contributed by atoms with E-state index in [1.807, 2.05) is 0 Å². The lowest BCUT2D eigenvalue weighted by Crippen LogP contribution is -1.88. The Morgan fingerprint density at radius 2 is 1.95 bits per heavy atom. The van der Waals surface area contributed by atoms with Crippen LogP contribution in [0.2, 0.25) is 0 Å². The van der Waals surface area contributed by atoms with Gasteiger partial charge in [0.25, 0.3) is 5.69 Å². The molecule has 0 aromatic heterocycles. The van der Waals surface area contributed by atoms with Gasteiger partial charge >= 0.3 is 0 Å². The highest BCUT2D eigenvalue weighted by Gasteiger charge is 2.01. The Balaban J connectivity index is 2.27. The van der Waals surface area contributed by atoms with Gasteiger partial charge in [-0.15, -0.1) is 5.92 Å². The van der Waals surface area contributed by atoms with Gasteiger partial charge in [0.15, 0.2) is 0 Å². The second-order valence-electron chi connectivity index (χ2n) is 4.48. The van der Waals surface area contributed by atoms with Crippen molar-refractivity contribution in [1.82, 2.24) is 0 Å². The van der Waals surface area contributed by atoms with Crippen molar-refractivity contribution in [2.45, 2.75) is 39.0 Å². The highest BCUT2D eigenvalue weighted by atomic mass is 16.6. The standard InChI is InChI=1S/C16H20N2O2/c1-2-3-4-5-6-7-8-13-17-14-15-9-11-16(12-10-15)18(19)20/h9-12,14H,2-6,13H2,1H3. The van der Waals surface area contributed by atoms with Crippen LogP contribution >= 0.6 is 0 Å². The van der Waals surface area contributed by atoms with Crippen molar-refractivity contribution >= 4 is 11.9 Å². The fourth-order valence-corrected chi connectivity index (χ4v) is 1.66. The molecule has 0 radical (unpaired) electrons. The van der Waals surface area contributed by atoms with E-state index in [0.29, 0.717) is 6.54 Å². The third-order valence-electron chi connectivity index (χ3n) is 2.79. The molecule has 4 heteroatoms. The van der Waals surface area contributed by atoms with Gasteiger partial charge in [0.1, 0.15) is 0 Å². The topological polar surface area (TPSA) is 55.5 Å². The lowest BCUT2D eigenvalue weighted by Gasteiger charge is -1.92. The Hall–Kier alpha value is -2.15. The van der Waals surface area contributed by atoms with Crippen LogP contribution in [-0.2, 0) is 0 Å². The minimum atomic E-state index is -0.412. The quantitative estimate of drug-likeness (QED) is 0.248. The maximum absolute atomic E-state index is 10.5. The molecule has 20 heavy (non-hydrogen) atoms. The average molecular weight is 272 g/mol. The van der Waals surface area contributed by atoms with E-state index in [4.69, 9.17) is 0 Å². The Morgan fingerprint density at radius 1 is 1.20 bits per heavy atom. The number of non-ortho nitro benzene ring substituents is 1. The molecule has 0 bridgehead atoms. The van der Waals surface area contributed by atoms with Crippen molar-refractivity contribution in [3.8, 4) is 11.8 Å². The van der Waals surface area contributed by atoms with Gasteiger partial charge in [-0.05, 0) is 24.1 Å². The lowest BCUT2D eigenvalue weighted by atomic mass is 10.2. The highest BCUT2D eigenvalue weighted by Crippen LogP contribution is 2.10. The van der Waals surface area contributed by atoms with Crippen LogP contribution in [0.25, 0.3) is 0 Å². The fraction of sp³-hybridized carbons (Fsp3) is 0.438. The van der Waals surface area contributed by atoms with Gasteiger partial charge < -0.3 is 0 Å². The van der Waals surface area contributed by atoms with Gasteiger partial charge in [-0.25, -0.2) is 0 Å². The normalized spacial score (nSPS) is 10.2. The summed E-state index contributed by atoms with van der Waals surface area (Å²) < 4.78 is 0. The summed E-state index contributed by atoms with van der Waals surface area (Å²) in [5, 5.41) is 10.5. The molecule has 0 atom stereocenters. The average Bonchev–Trinajstić information content (AvgIpc) is 2.46. The van der Waals surface area contributed by atoms with Gasteiger partial charge in [-0.3, -0.25) is 15.1 Å². The summed E-state index contributed by atoms with van der Waals surface area (Å²) in [5.41, 5.74) is 0.939. The predicted molar refractivity (Wildman–Crippen MR) is 82.1 cm³/mol. The summed E-state index contributed by atoms with van der Waals surface area (Å²) in [6.07, 6.45) is 7.56. The van der Waals surface area contributed by atoms with Gasteiger partial charge in [0.05, 0.1) is 11.5 Å². The summed E-state index contributed by atoms with van der Waals surface area (Å²) in [6.45, 7) is 2.67. The lowest BCUT2D eigenvalue weighted by molar-refractivity contribution is -0.384. The molecule has 1 rings (SSSR count). The second kappa shape index (κ2) is 9.74. The minimum absolute atomic E-state index is 0.0917. The zero-order valence-electron chi connectivity index (χ0n) is 11.8. The van der Waals surface area contributed by atoms with Crippen LogP contribution < -0.4 is 0 Å². The Morgan fingerprint density at radius 3 is 2.60 bits per heavy atom. The van der Waals surface area contributed by atoms with Crippen LogP contribution in [0.4, 0.5) is 5.69 Å². The molecule has 0 fully saturated rings. The molecule has 0 spiro atoms. The van der Waals surface area contributed by atoms with Crippen LogP contribution in [0.3, 0.4) is 0 Å². The zero-order chi connectivity index (χ0) is 14.6. The van der Waals surface area contributed by atoms with E-state index >= 15 is 0 Å². The van der Waals surface area contributed by atoms with Gasteiger partial charge in [-0.1, -0.05) is 32.1 Å². The molecule has 0 aliphatic heterocycles. The number of rotatable bonds is 7. The number of nitro benzene ring substituents is 1. The maximum Gasteiger partial charge on any atom is 0.269 e. The smallest absolute Gasteiger partial charge is 0.269 e. The molecule has 0 N–H and O–H groups in total. The first-order valence-corrected chi connectivity index (χ1v) is 6.94. The number of unbranched alkanes of at least 4 members (excludes halogenated alkanes) is 4. The van der Waals surface area contributed by atoms with Crippen LogP contribution in [0.5, 0.6) is 0 Å². The molecule has 1 aromatic rings. The first-order valence-electron chi connectivity index (χ1n) is 6.94. The molecule has 0 aliphatic rings. The van der Waals surface area contributed by atoms with Crippen LogP contribution in [-0.4, -0.2) is 17.7 Å². The summed E-state index contributed by atoms with van der Waals surface area (Å²) >= 11 is 0. The predicted octanol–water partition coefficient (Wildman–Crippen LogP) is 3.99. The number of aliphatic imine (C=N–C) groups is 1. The van der Waals surface area contributed by atoms with Crippen molar-refractivity contribution in [1.29, 1.82) is 0 Å². The molecular weight excluding hydrogens is 252 g/mol. The van der Waals surface area contributed by atoms with Crippen LogP contribution in [0, 0.1) is 22.0 Å². The summed E-state index contributed by atoms with van der Waals surface area (Å²) in [4.78, 5) is 14.3. The molecule has 0 saturated carbocycles. The summed E-state index contributed by atoms with van der Waals surface area (Å²) in [6, 6.07) is 6.31. The van der Waals surface area contributed by atoms with E-state index in [1.54, 1.807) is 18.3 Å². The number of nitrogens with zero attached hydrogens (tertiary/aromatic N) is 2. The van der Waals surface area contributed by atoms with E-state index < -0.39 is 4.92 Å². The molecule has 0 unspecified atom stereocenters. The number of hydrogen-bond acceptors (Lipinski definition) is 3. The molecular formula is C16H20N2O2. The van der Waals surface area contributed by atoms with E-state index in [0.717, 1.165) is 18.4 Å². The van der Waals surface area contributed by atoms with Crippen LogP contribution in [0.1, 0.15) is 44.6 Å². The van der Waals surface area contributed by atoms with Crippen molar-refractivity contribution in [3.05, 3.63) is 39.9 Å². The SMILES string of the molecule is CCCCCCC#CCN=Cc1ccc([N+](=O)[O-])cc1. The highest BCUT2D eigenvalue weighted by molar-refractivity contribution is 5.80. The fourth-order valence-electron chi connectivity index (χ4n) is 1.66. The first-order chi connectivity index (χ1) is 9.74. The monoisotopic (exact) mass is 272 g/mol. The molecule has 1 aromatic carbocycles. The van der Waals surface area contributed by atoms with E-state index in [-0.39, 0.29) is 5.69 Å². The molecule has 0 amide bonds. The third kappa shape index (κ3) is 6.69. The Labute approximate surface area is 120 Å². The number of nitro groups is 1. The summed E-state index contributed by atoms with van der Waals surface area (Å²) in [7, 11) is 0. The molecule has 106 valence electrons. The van der Waals surface area contributed by atoms with Crippen molar-refractivity contribution < 1.29 is 4.92 Å². The first kappa shape index (κ1) is 15.9. The third-order valence-corrected chi connectivity index (χ3v) is 2.79. The summed E-state index contributed by atoms with van der Waals surface area (Å²) in [5.74, 6) is 6.11. The molecule has 0 heterocycles. The largest absolute Gasteiger partial charge is 0.280 e. The number of benzene rings is 1. The van der Waals surface area contributed by atoms with E-state index in [9.17, 15) is 10.1 Å². The molecule has 0 saturated heterocycles. The van der Waals surface area contributed by atoms with Crippen molar-refractivity contribution in [2.24, 2.45) is 4.99 Å². The molecule has 0 aliphatic carbocycles. The van der Waals surface area contributed by atoms with Gasteiger partial charge in [0, 0.05) is 24.8 Å². The van der Waals surface area contributed by atoms with E-state index in [2.05, 4.69) is 23.8 Å². The zero-order valence-corrected chi connectivity index (χ0v) is 11.8. The molecule has 4 nitrogen and oxygen atoms in total. The second-order valence-corrected chi connectivity index (χ2v) is 4.48. The van der Waals surface area contributed by atoms with Crippen molar-refractivity contribution in [2.75, 3.05) is 6.54 Å². The van der Waals surface area contributed by atoms with Gasteiger partial charge in [-0.2, -0.15) is 0 Å². The minimum Gasteiger partial charge on any atom is -0.280 e. The number of hydrogen-bond donors (Lipinski definition) is 0. The maximum atomic E-state index is 10.5. The van der Waals surface area contributed by atoms with Crippen LogP contribution in [0.15, 0.2) is 29.3 Å². The van der Waals surface area contributed by atoms with Gasteiger partial charge in [0.2, 0.25) is 0 Å². The Bertz CT molecular complexity index is 495. The van der Waals surface area contributed by atoms with E-state index in [1.165, 1.54) is 31.4 Å². The van der Waals surface area contributed by atoms with Crippen molar-refractivity contribution in [3.63, 3.8) is 0 Å².